The van der Waals surface area contributed by atoms with E-state index in [4.69, 9.17) is 13.8 Å². The number of nitrogens with one attached hydrogen (secondary N) is 1. The Bertz CT molecular complexity index is 873. The van der Waals surface area contributed by atoms with Gasteiger partial charge in [-0.2, -0.15) is 0 Å². The lowest BCUT2D eigenvalue weighted by Gasteiger charge is -2.24. The summed E-state index contributed by atoms with van der Waals surface area (Å²) in [5, 5.41) is 2.96. The molecular formula is C25H47N2O7PS. The fraction of sp³-hybridized carbons (Fsp3) is 0.760. The molecule has 1 N–H and O–H groups in total. The first kappa shape index (κ1) is 33.2. The summed E-state index contributed by atoms with van der Waals surface area (Å²) in [6.07, 6.45) is 10.4. The van der Waals surface area contributed by atoms with Crippen LogP contribution in [0.1, 0.15) is 63.9 Å². The Kier molecular flexibility index (Phi) is 15.6. The number of rotatable bonds is 16. The summed E-state index contributed by atoms with van der Waals surface area (Å²) in [5.74, 6) is 0. The third-order valence-electron chi connectivity index (χ3n) is 5.58. The van der Waals surface area contributed by atoms with Crippen molar-refractivity contribution in [3.8, 4) is 0 Å². The highest BCUT2D eigenvalue weighted by molar-refractivity contribution is 7.85. The lowest BCUT2D eigenvalue weighted by Crippen LogP contribution is -2.37. The minimum absolute atomic E-state index is 0.0380. The van der Waals surface area contributed by atoms with Gasteiger partial charge in [-0.25, -0.2) is 18.1 Å². The SMILES string of the molecule is CCCCCCCCCCOC[C@@H]1CO[32P](=O)(OCC[N+](C)(C)C)N1.Cc1ccc(S(=O)(=O)[O-])cc1. The molecule has 11 heteroatoms. The molecule has 36 heavy (non-hydrogen) atoms. The van der Waals surface area contributed by atoms with E-state index in [1.165, 1.54) is 57.1 Å². The maximum absolute atomic E-state index is 12.4. The van der Waals surface area contributed by atoms with Crippen molar-refractivity contribution < 1.29 is 35.8 Å². The van der Waals surface area contributed by atoms with Gasteiger partial charge < -0.3 is 13.8 Å². The minimum Gasteiger partial charge on any atom is -0.744 e. The van der Waals surface area contributed by atoms with Gasteiger partial charge >= 0.3 is 7.75 Å². The van der Waals surface area contributed by atoms with E-state index < -0.39 is 17.9 Å². The van der Waals surface area contributed by atoms with E-state index in [1.54, 1.807) is 12.1 Å². The fourth-order valence-electron chi connectivity index (χ4n) is 3.35. The number of quaternary nitrogens is 1. The van der Waals surface area contributed by atoms with Gasteiger partial charge in [-0.05, 0) is 25.5 Å². The molecule has 1 unspecified atom stereocenters. The van der Waals surface area contributed by atoms with E-state index in [0.29, 0.717) is 19.8 Å². The molecule has 210 valence electrons. The molecule has 2 atom stereocenters. The van der Waals surface area contributed by atoms with Crippen LogP contribution in [0.15, 0.2) is 29.2 Å². The summed E-state index contributed by atoms with van der Waals surface area (Å²) in [4.78, 5) is -0.178. The number of ether oxygens (including phenoxy) is 1. The lowest BCUT2D eigenvalue weighted by molar-refractivity contribution is -0.870. The van der Waals surface area contributed by atoms with Gasteiger partial charge in [0, 0.05) is 6.61 Å². The summed E-state index contributed by atoms with van der Waals surface area (Å²) in [6, 6.07) is 5.74. The molecule has 9 nitrogen and oxygen atoms in total. The minimum atomic E-state index is -4.27. The second-order valence-electron chi connectivity index (χ2n) is 10.3. The van der Waals surface area contributed by atoms with Crippen LogP contribution in [0.5, 0.6) is 0 Å². The monoisotopic (exact) mass is 551 g/mol. The highest BCUT2D eigenvalue weighted by atomic mass is 32.2. The van der Waals surface area contributed by atoms with Crippen molar-refractivity contribution in [3.63, 3.8) is 0 Å². The molecule has 1 fully saturated rings. The van der Waals surface area contributed by atoms with Gasteiger partial charge in [0.1, 0.15) is 23.3 Å². The Morgan fingerprint density at radius 3 is 2.17 bits per heavy atom. The average molecular weight is 552 g/mol. The van der Waals surface area contributed by atoms with Crippen LogP contribution < -0.4 is 5.09 Å². The first-order valence-corrected chi connectivity index (χ1v) is 15.9. The van der Waals surface area contributed by atoms with Crippen LogP contribution >= 0.6 is 7.75 Å². The molecule has 0 aliphatic carbocycles. The molecular weight excluding hydrogens is 504 g/mol. The summed E-state index contributed by atoms with van der Waals surface area (Å²) in [6.45, 7) is 6.95. The van der Waals surface area contributed by atoms with Crippen LogP contribution in [-0.2, 0) is 28.5 Å². The summed E-state index contributed by atoms with van der Waals surface area (Å²) in [5.41, 5.74) is 0.928. The molecule has 1 aromatic carbocycles. The molecule has 0 radical (unpaired) electrons. The highest BCUT2D eigenvalue weighted by Crippen LogP contribution is 2.48. The van der Waals surface area contributed by atoms with Gasteiger partial charge in [0.05, 0.1) is 45.3 Å². The Morgan fingerprint density at radius 2 is 1.61 bits per heavy atom. The van der Waals surface area contributed by atoms with Gasteiger partial charge in [0.2, 0.25) is 0 Å². The first-order valence-electron chi connectivity index (χ1n) is 12.9. The molecule has 0 spiro atoms. The quantitative estimate of drug-likeness (QED) is 0.134. The second kappa shape index (κ2) is 16.9. The molecule has 1 saturated heterocycles. The van der Waals surface area contributed by atoms with Gasteiger partial charge in [0.15, 0.2) is 0 Å². The van der Waals surface area contributed by atoms with Crippen molar-refractivity contribution in [2.24, 2.45) is 0 Å². The van der Waals surface area contributed by atoms with Crippen molar-refractivity contribution in [2.45, 2.75) is 76.2 Å². The van der Waals surface area contributed by atoms with Gasteiger partial charge in [-0.15, -0.1) is 0 Å². The summed E-state index contributed by atoms with van der Waals surface area (Å²) < 4.78 is 60.8. The van der Waals surface area contributed by atoms with E-state index >= 15 is 0 Å². The number of hydrogen-bond donors (Lipinski definition) is 1. The van der Waals surface area contributed by atoms with Crippen molar-refractivity contribution in [2.75, 3.05) is 54.1 Å². The number of likely N-dealkylation sites (N-methyl/N-ethyl adjacent to an activating group) is 1. The maximum Gasteiger partial charge on any atom is 0.406 e. The Labute approximate surface area is 218 Å². The summed E-state index contributed by atoms with van der Waals surface area (Å²) in [7, 11) is -1.18. The van der Waals surface area contributed by atoms with Crippen LogP contribution in [0.4, 0.5) is 0 Å². The largest absolute Gasteiger partial charge is 0.744 e. The molecule has 0 aromatic heterocycles. The number of benzene rings is 1. The third kappa shape index (κ3) is 16.1. The molecule has 1 aliphatic heterocycles. The number of hydrogen-bond acceptors (Lipinski definition) is 7. The van der Waals surface area contributed by atoms with Crippen molar-refractivity contribution >= 4 is 17.9 Å². The van der Waals surface area contributed by atoms with Crippen LogP contribution in [0.25, 0.3) is 0 Å². The van der Waals surface area contributed by atoms with Crippen LogP contribution in [0.3, 0.4) is 0 Å². The Balaban J connectivity index is 0.000000488. The highest BCUT2D eigenvalue weighted by Gasteiger charge is 2.36. The van der Waals surface area contributed by atoms with Gasteiger partial charge in [-0.1, -0.05) is 69.6 Å². The number of aryl methyl sites for hydroxylation is 1. The molecule has 1 aliphatic rings. The lowest BCUT2D eigenvalue weighted by atomic mass is 10.1. The normalized spacial score (nSPS) is 20.2. The first-order chi connectivity index (χ1) is 16.8. The Morgan fingerprint density at radius 1 is 1.03 bits per heavy atom. The van der Waals surface area contributed by atoms with Crippen molar-refractivity contribution in [3.05, 3.63) is 29.8 Å². The molecule has 0 bridgehead atoms. The van der Waals surface area contributed by atoms with E-state index in [-0.39, 0.29) is 10.9 Å². The molecule has 1 aromatic rings. The van der Waals surface area contributed by atoms with Gasteiger partial charge in [-0.3, -0.25) is 9.05 Å². The second-order valence-corrected chi connectivity index (χ2v) is 13.4. The average Bonchev–Trinajstić information content (AvgIpc) is 3.15. The third-order valence-corrected chi connectivity index (χ3v) is 8.12. The molecule has 0 amide bonds. The van der Waals surface area contributed by atoms with E-state index in [0.717, 1.165) is 29.6 Å². The maximum atomic E-state index is 12.4. The van der Waals surface area contributed by atoms with Crippen LogP contribution in [0.2, 0.25) is 0 Å². The standard InChI is InChI=1S/C18H40N2O4P.C7H8O3S/c1-5-6-7-8-9-10-11-12-14-22-16-18-17-24-25(21,19-18)23-15-13-20(2,3)4;1-6-2-4-7(5-3-6)11(8,9)10/h18H,5-17H2,1-4H3,(H,19,21);2-5H,1H3,(H,8,9,10)/q+1;/p-1/t18-,25?;/m1./s1/i25+1;. The van der Waals surface area contributed by atoms with E-state index in [2.05, 4.69) is 33.2 Å². The molecule has 2 rings (SSSR count). The smallest absolute Gasteiger partial charge is 0.406 e. The van der Waals surface area contributed by atoms with Gasteiger partial charge in [0.25, 0.3) is 0 Å². The summed E-state index contributed by atoms with van der Waals surface area (Å²) >= 11 is 0. The molecule has 1 heterocycles. The van der Waals surface area contributed by atoms with Crippen molar-refractivity contribution in [1.29, 1.82) is 0 Å². The fourth-order valence-corrected chi connectivity index (χ4v) is 5.34. The zero-order chi connectivity index (χ0) is 27.1. The predicted octanol–water partition coefficient (Wildman–Crippen LogP) is 4.86. The van der Waals surface area contributed by atoms with Crippen LogP contribution in [-0.4, -0.2) is 77.6 Å². The zero-order valence-corrected chi connectivity index (χ0v) is 24.5. The predicted molar refractivity (Wildman–Crippen MR) is 142 cm³/mol. The van der Waals surface area contributed by atoms with Crippen LogP contribution in [0, 0.1) is 6.92 Å². The number of nitrogens with zero attached hydrogens (tertiary/aromatic N) is 1. The zero-order valence-electron chi connectivity index (χ0n) is 22.7. The molecule has 0 saturated carbocycles. The van der Waals surface area contributed by atoms with E-state index in [1.807, 2.05) is 6.92 Å². The topological polar surface area (TPSA) is 114 Å². The van der Waals surface area contributed by atoms with Crippen molar-refractivity contribution in [1.82, 2.24) is 5.09 Å². The van der Waals surface area contributed by atoms with E-state index in [9.17, 15) is 17.5 Å². The number of unbranched alkanes of at least 4 members (excludes halogenated alkanes) is 7. The Hall–Kier alpha value is -0.840.